The molecule has 16 heavy (non-hydrogen) atoms. The van der Waals surface area contributed by atoms with Crippen LogP contribution in [-0.4, -0.2) is 30.8 Å². The lowest BCUT2D eigenvalue weighted by Gasteiger charge is -2.28. The first-order valence-electron chi connectivity index (χ1n) is 6.94. The second-order valence-electron chi connectivity index (χ2n) is 5.85. The minimum Gasteiger partial charge on any atom is -0.306 e. The molecule has 0 aliphatic heterocycles. The molecule has 2 rings (SSSR count). The van der Waals surface area contributed by atoms with Crippen molar-refractivity contribution in [1.29, 1.82) is 0 Å². The summed E-state index contributed by atoms with van der Waals surface area (Å²) in [5.74, 6) is 2.22. The van der Waals surface area contributed by atoms with Gasteiger partial charge in [0.1, 0.15) is 5.78 Å². The molecule has 2 nitrogen and oxygen atoms in total. The third-order valence-corrected chi connectivity index (χ3v) is 4.28. The normalized spacial score (nSPS) is 24.5. The third kappa shape index (κ3) is 3.58. The van der Waals surface area contributed by atoms with Gasteiger partial charge in [0.2, 0.25) is 0 Å². The Hall–Kier alpha value is -0.370. The second kappa shape index (κ2) is 5.81. The fraction of sp³-hybridized carbons (Fsp3) is 0.929. The van der Waals surface area contributed by atoms with Crippen molar-refractivity contribution in [1.82, 2.24) is 4.90 Å². The van der Waals surface area contributed by atoms with Crippen LogP contribution in [0.3, 0.4) is 0 Å². The van der Waals surface area contributed by atoms with E-state index in [9.17, 15) is 4.79 Å². The smallest absolute Gasteiger partial charge is 0.132 e. The van der Waals surface area contributed by atoms with E-state index in [4.69, 9.17) is 0 Å². The lowest BCUT2D eigenvalue weighted by atomic mass is 9.88. The first kappa shape index (κ1) is 12.1. The number of hydrogen-bond acceptors (Lipinski definition) is 2. The van der Waals surface area contributed by atoms with E-state index < -0.39 is 0 Å². The number of carbonyl (C=O) groups is 1. The van der Waals surface area contributed by atoms with E-state index in [1.54, 1.807) is 0 Å². The number of nitrogens with zero attached hydrogens (tertiary/aromatic N) is 1. The molecular formula is C14H25NO. The van der Waals surface area contributed by atoms with Gasteiger partial charge in [-0.2, -0.15) is 0 Å². The Bertz CT molecular complexity index is 223. The maximum absolute atomic E-state index is 11.2. The van der Waals surface area contributed by atoms with Crippen molar-refractivity contribution in [3.8, 4) is 0 Å². The van der Waals surface area contributed by atoms with Gasteiger partial charge in [-0.1, -0.05) is 12.8 Å². The fourth-order valence-electron chi connectivity index (χ4n) is 3.33. The Balaban J connectivity index is 1.66. The molecule has 0 radical (unpaired) electrons. The van der Waals surface area contributed by atoms with Crippen LogP contribution in [0.2, 0.25) is 0 Å². The molecule has 0 heterocycles. The molecular weight excluding hydrogens is 198 g/mol. The molecule has 0 amide bonds. The predicted molar refractivity (Wildman–Crippen MR) is 66.4 cm³/mol. The summed E-state index contributed by atoms with van der Waals surface area (Å²) in [4.78, 5) is 13.7. The van der Waals surface area contributed by atoms with Gasteiger partial charge in [0.05, 0.1) is 0 Å². The first-order valence-corrected chi connectivity index (χ1v) is 6.94. The van der Waals surface area contributed by atoms with Gasteiger partial charge in [-0.05, 0) is 44.6 Å². The van der Waals surface area contributed by atoms with E-state index in [-0.39, 0.29) is 0 Å². The minimum absolute atomic E-state index is 0.481. The quantitative estimate of drug-likeness (QED) is 0.730. The van der Waals surface area contributed by atoms with Crippen LogP contribution in [-0.2, 0) is 4.79 Å². The molecule has 2 heteroatoms. The van der Waals surface area contributed by atoms with Gasteiger partial charge in [0.15, 0.2) is 0 Å². The zero-order valence-electron chi connectivity index (χ0n) is 10.6. The SMILES string of the molecule is CN(CC1CCCC1)CC1CCC(=O)CC1. The highest BCUT2D eigenvalue weighted by Gasteiger charge is 2.22. The fourth-order valence-corrected chi connectivity index (χ4v) is 3.33. The van der Waals surface area contributed by atoms with Gasteiger partial charge in [-0.25, -0.2) is 0 Å². The van der Waals surface area contributed by atoms with E-state index in [0.717, 1.165) is 37.5 Å². The summed E-state index contributed by atoms with van der Waals surface area (Å²) < 4.78 is 0. The van der Waals surface area contributed by atoms with Crippen molar-refractivity contribution < 1.29 is 4.79 Å². The maximum atomic E-state index is 11.2. The molecule has 2 aliphatic carbocycles. The first-order chi connectivity index (χ1) is 7.74. The standard InChI is InChI=1S/C14H25NO/c1-15(10-12-4-2-3-5-12)11-13-6-8-14(16)9-7-13/h12-13H,2-11H2,1H3. The Labute approximate surface area is 99.4 Å². The van der Waals surface area contributed by atoms with E-state index in [0.29, 0.717) is 5.78 Å². The molecule has 0 atom stereocenters. The summed E-state index contributed by atoms with van der Waals surface area (Å²) in [6, 6.07) is 0. The van der Waals surface area contributed by atoms with Gasteiger partial charge < -0.3 is 4.90 Å². The maximum Gasteiger partial charge on any atom is 0.132 e. The largest absolute Gasteiger partial charge is 0.306 e. The molecule has 0 aromatic rings. The average molecular weight is 223 g/mol. The Morgan fingerprint density at radius 3 is 2.06 bits per heavy atom. The molecule has 0 spiro atoms. The Morgan fingerprint density at radius 1 is 1.00 bits per heavy atom. The van der Waals surface area contributed by atoms with Gasteiger partial charge >= 0.3 is 0 Å². The van der Waals surface area contributed by atoms with Gasteiger partial charge in [0, 0.05) is 25.9 Å². The van der Waals surface area contributed by atoms with E-state index >= 15 is 0 Å². The van der Waals surface area contributed by atoms with Crippen LogP contribution in [0.15, 0.2) is 0 Å². The van der Waals surface area contributed by atoms with Crippen molar-refractivity contribution in [2.75, 3.05) is 20.1 Å². The van der Waals surface area contributed by atoms with E-state index in [1.807, 2.05) is 0 Å². The van der Waals surface area contributed by atoms with Crippen LogP contribution < -0.4 is 0 Å². The lowest BCUT2D eigenvalue weighted by Crippen LogP contribution is -2.31. The molecule has 2 fully saturated rings. The average Bonchev–Trinajstić information content (AvgIpc) is 2.74. The molecule has 0 unspecified atom stereocenters. The minimum atomic E-state index is 0.481. The summed E-state index contributed by atoms with van der Waals surface area (Å²) in [6.07, 6.45) is 9.69. The van der Waals surface area contributed by atoms with Crippen LogP contribution in [0.1, 0.15) is 51.4 Å². The number of hydrogen-bond donors (Lipinski definition) is 0. The van der Waals surface area contributed by atoms with Crippen LogP contribution in [0.25, 0.3) is 0 Å². The number of rotatable bonds is 4. The molecule has 92 valence electrons. The summed E-state index contributed by atoms with van der Waals surface area (Å²) in [5.41, 5.74) is 0. The topological polar surface area (TPSA) is 20.3 Å². The Morgan fingerprint density at radius 2 is 1.50 bits per heavy atom. The van der Waals surface area contributed by atoms with Gasteiger partial charge in [0.25, 0.3) is 0 Å². The highest BCUT2D eigenvalue weighted by atomic mass is 16.1. The summed E-state index contributed by atoms with van der Waals surface area (Å²) in [5, 5.41) is 0. The van der Waals surface area contributed by atoms with E-state index in [1.165, 1.54) is 38.8 Å². The van der Waals surface area contributed by atoms with Crippen molar-refractivity contribution in [2.45, 2.75) is 51.4 Å². The van der Waals surface area contributed by atoms with E-state index in [2.05, 4.69) is 11.9 Å². The summed E-state index contributed by atoms with van der Waals surface area (Å²) in [7, 11) is 2.26. The van der Waals surface area contributed by atoms with Crippen LogP contribution >= 0.6 is 0 Å². The molecule has 0 saturated heterocycles. The van der Waals surface area contributed by atoms with Crippen molar-refractivity contribution >= 4 is 5.78 Å². The second-order valence-corrected chi connectivity index (χ2v) is 5.85. The van der Waals surface area contributed by atoms with Crippen LogP contribution in [0.5, 0.6) is 0 Å². The molecule has 2 aliphatic rings. The monoisotopic (exact) mass is 223 g/mol. The van der Waals surface area contributed by atoms with Crippen molar-refractivity contribution in [3.63, 3.8) is 0 Å². The van der Waals surface area contributed by atoms with Crippen molar-refractivity contribution in [2.24, 2.45) is 11.8 Å². The zero-order valence-corrected chi connectivity index (χ0v) is 10.6. The lowest BCUT2D eigenvalue weighted by molar-refractivity contribution is -0.121. The van der Waals surface area contributed by atoms with Crippen LogP contribution in [0, 0.1) is 11.8 Å². The summed E-state index contributed by atoms with van der Waals surface area (Å²) >= 11 is 0. The molecule has 0 aromatic heterocycles. The molecule has 0 bridgehead atoms. The van der Waals surface area contributed by atoms with Gasteiger partial charge in [-0.15, -0.1) is 0 Å². The predicted octanol–water partition coefficient (Wildman–Crippen LogP) is 2.87. The number of ketones is 1. The molecule has 0 aromatic carbocycles. The number of Topliss-reactive ketones (excluding diaryl/α,β-unsaturated/α-hetero) is 1. The highest BCUT2D eigenvalue weighted by molar-refractivity contribution is 5.79. The molecule has 0 N–H and O–H groups in total. The summed E-state index contributed by atoms with van der Waals surface area (Å²) in [6.45, 7) is 2.49. The number of carbonyl (C=O) groups excluding carboxylic acids is 1. The molecule has 2 saturated carbocycles. The Kier molecular flexibility index (Phi) is 4.39. The van der Waals surface area contributed by atoms with Crippen LogP contribution in [0.4, 0.5) is 0 Å². The highest BCUT2D eigenvalue weighted by Crippen LogP contribution is 2.27. The van der Waals surface area contributed by atoms with Gasteiger partial charge in [-0.3, -0.25) is 4.79 Å². The zero-order chi connectivity index (χ0) is 11.4. The van der Waals surface area contributed by atoms with Crippen molar-refractivity contribution in [3.05, 3.63) is 0 Å². The third-order valence-electron chi connectivity index (χ3n) is 4.28.